The summed E-state index contributed by atoms with van der Waals surface area (Å²) in [6.45, 7) is 4.83. The molecule has 1 N–H and O–H groups in total. The van der Waals surface area contributed by atoms with Crippen molar-refractivity contribution in [1.82, 2.24) is 34.6 Å². The highest BCUT2D eigenvalue weighted by atomic mass is 35.5. The lowest BCUT2D eigenvalue weighted by Crippen LogP contribution is -2.52. The predicted octanol–water partition coefficient (Wildman–Crippen LogP) is 5.16. The van der Waals surface area contributed by atoms with Gasteiger partial charge in [-0.3, -0.25) is 9.58 Å². The first-order chi connectivity index (χ1) is 18.6. The number of aryl methyl sites for hydroxylation is 1. The van der Waals surface area contributed by atoms with Gasteiger partial charge in [-0.1, -0.05) is 11.6 Å². The van der Waals surface area contributed by atoms with Gasteiger partial charge in [-0.25, -0.2) is 15.0 Å². The number of aromatic amines is 1. The summed E-state index contributed by atoms with van der Waals surface area (Å²) in [5.74, 6) is 2.89. The van der Waals surface area contributed by atoms with Crippen LogP contribution in [0.2, 0.25) is 5.15 Å². The van der Waals surface area contributed by atoms with Crippen molar-refractivity contribution >= 4 is 33.7 Å². The third-order valence-electron chi connectivity index (χ3n) is 8.25. The highest BCUT2D eigenvalue weighted by Crippen LogP contribution is 2.46. The van der Waals surface area contributed by atoms with Crippen molar-refractivity contribution in [3.8, 4) is 22.8 Å². The molecule has 2 aromatic carbocycles. The number of likely N-dealkylation sites (tertiary alicyclic amines) is 1. The fraction of sp³-hybridized carbons (Fsp3) is 0.357. The Kier molecular flexibility index (Phi) is 5.02. The maximum atomic E-state index is 6.60. The zero-order valence-electron chi connectivity index (χ0n) is 20.8. The molecule has 0 amide bonds. The topological polar surface area (TPSA) is 94.0 Å². The fourth-order valence-corrected chi connectivity index (χ4v) is 6.61. The van der Waals surface area contributed by atoms with E-state index in [1.807, 2.05) is 49.5 Å². The number of fused-ring (bicyclic) bond motifs is 4. The predicted molar refractivity (Wildman–Crippen MR) is 144 cm³/mol. The zero-order valence-corrected chi connectivity index (χ0v) is 21.6. The van der Waals surface area contributed by atoms with Gasteiger partial charge in [0.2, 0.25) is 0 Å². The molecule has 0 spiro atoms. The van der Waals surface area contributed by atoms with Gasteiger partial charge in [0, 0.05) is 36.5 Å². The summed E-state index contributed by atoms with van der Waals surface area (Å²) in [5.41, 5.74) is 4.79. The number of halogens is 1. The SMILES string of the molecule is Cc1nc2ccc(Oc3ccc4nc(Cl)c(-c5cnn(C6CC7CC6CN7C6COC6)c5)nc4c3)cc2[nH]1. The van der Waals surface area contributed by atoms with E-state index < -0.39 is 0 Å². The van der Waals surface area contributed by atoms with Gasteiger partial charge in [0.05, 0.1) is 53.6 Å². The summed E-state index contributed by atoms with van der Waals surface area (Å²) < 4.78 is 13.7. The van der Waals surface area contributed by atoms with E-state index in [0.717, 1.165) is 54.4 Å². The van der Waals surface area contributed by atoms with E-state index in [9.17, 15) is 0 Å². The Balaban J connectivity index is 1.05. The third-order valence-corrected chi connectivity index (χ3v) is 8.52. The minimum absolute atomic E-state index is 0.370. The van der Waals surface area contributed by atoms with Crippen LogP contribution in [-0.2, 0) is 4.74 Å². The maximum absolute atomic E-state index is 6.60. The summed E-state index contributed by atoms with van der Waals surface area (Å²) in [5, 5.41) is 5.10. The van der Waals surface area contributed by atoms with Crippen LogP contribution in [-0.4, -0.2) is 66.5 Å². The number of hydrogen-bond acceptors (Lipinski definition) is 7. The molecule has 9 nitrogen and oxygen atoms in total. The third kappa shape index (κ3) is 3.68. The number of aromatic nitrogens is 6. The Morgan fingerprint density at radius 3 is 2.61 bits per heavy atom. The fourth-order valence-electron chi connectivity index (χ4n) is 6.36. The number of benzene rings is 2. The van der Waals surface area contributed by atoms with Crippen molar-refractivity contribution in [1.29, 1.82) is 0 Å². The molecule has 38 heavy (non-hydrogen) atoms. The molecule has 192 valence electrons. The summed E-state index contributed by atoms with van der Waals surface area (Å²) in [4.78, 5) is 19.8. The number of rotatable bonds is 5. The highest BCUT2D eigenvalue weighted by molar-refractivity contribution is 6.32. The Hall–Kier alpha value is -3.53. The van der Waals surface area contributed by atoms with Gasteiger partial charge in [0.15, 0.2) is 5.15 Å². The molecule has 3 aromatic heterocycles. The first-order valence-electron chi connectivity index (χ1n) is 13.1. The van der Waals surface area contributed by atoms with Crippen molar-refractivity contribution in [2.75, 3.05) is 19.8 Å². The largest absolute Gasteiger partial charge is 0.457 e. The van der Waals surface area contributed by atoms with Gasteiger partial charge in [-0.15, -0.1) is 0 Å². The molecular formula is C28H26ClN7O2. The quantitative estimate of drug-likeness (QED) is 0.337. The Morgan fingerprint density at radius 1 is 0.974 bits per heavy atom. The van der Waals surface area contributed by atoms with Crippen LogP contribution < -0.4 is 4.74 Å². The van der Waals surface area contributed by atoms with E-state index in [1.54, 1.807) is 0 Å². The summed E-state index contributed by atoms with van der Waals surface area (Å²) >= 11 is 6.60. The second-order valence-electron chi connectivity index (χ2n) is 10.7. The number of nitrogens with zero attached hydrogens (tertiary/aromatic N) is 6. The lowest BCUT2D eigenvalue weighted by molar-refractivity contribution is -0.0774. The van der Waals surface area contributed by atoms with E-state index >= 15 is 0 Å². The van der Waals surface area contributed by atoms with Crippen LogP contribution in [0.1, 0.15) is 24.7 Å². The average Bonchev–Trinajstić information content (AvgIpc) is 3.65. The lowest BCUT2D eigenvalue weighted by atomic mass is 10.0. The minimum Gasteiger partial charge on any atom is -0.457 e. The van der Waals surface area contributed by atoms with Gasteiger partial charge < -0.3 is 14.5 Å². The first-order valence-corrected chi connectivity index (χ1v) is 13.4. The molecule has 5 heterocycles. The molecule has 5 aromatic rings. The van der Waals surface area contributed by atoms with E-state index in [4.69, 9.17) is 31.2 Å². The number of nitrogens with one attached hydrogen (secondary N) is 1. The number of H-pyrrole nitrogens is 1. The van der Waals surface area contributed by atoms with Crippen LogP contribution in [0, 0.1) is 12.8 Å². The van der Waals surface area contributed by atoms with Gasteiger partial charge >= 0.3 is 0 Å². The normalized spacial score (nSPS) is 23.5. The summed E-state index contributed by atoms with van der Waals surface area (Å²) in [7, 11) is 0. The smallest absolute Gasteiger partial charge is 0.156 e. The number of hydrogen-bond donors (Lipinski definition) is 1. The first kappa shape index (κ1) is 22.5. The minimum atomic E-state index is 0.370. The van der Waals surface area contributed by atoms with Crippen LogP contribution in [0.4, 0.5) is 0 Å². The molecule has 2 saturated heterocycles. The molecule has 1 aliphatic carbocycles. The van der Waals surface area contributed by atoms with Crippen molar-refractivity contribution in [2.24, 2.45) is 5.92 Å². The van der Waals surface area contributed by atoms with E-state index in [0.29, 0.717) is 51.7 Å². The van der Waals surface area contributed by atoms with Crippen molar-refractivity contribution in [2.45, 2.75) is 37.9 Å². The van der Waals surface area contributed by atoms with Crippen LogP contribution in [0.5, 0.6) is 11.5 Å². The van der Waals surface area contributed by atoms with E-state index in [-0.39, 0.29) is 0 Å². The Bertz CT molecular complexity index is 1690. The van der Waals surface area contributed by atoms with E-state index in [1.165, 1.54) is 6.42 Å². The summed E-state index contributed by atoms with van der Waals surface area (Å²) in [6, 6.07) is 13.1. The maximum Gasteiger partial charge on any atom is 0.156 e. The summed E-state index contributed by atoms with van der Waals surface area (Å²) in [6.07, 6.45) is 6.30. The average molecular weight is 528 g/mol. The van der Waals surface area contributed by atoms with Gasteiger partial charge in [-0.2, -0.15) is 5.10 Å². The molecule has 0 radical (unpaired) electrons. The Labute approximate surface area is 223 Å². The standard InChI is InChI=1S/C28H26ClN7O2/c1-15-31-22-4-2-20(8-24(22)32-15)38-21-3-5-23-25(9-21)33-27(28(29)34-23)17-10-30-36(12-17)26-7-18-6-16(26)11-35(18)19-13-37-14-19/h2-5,8-10,12,16,18-19,26H,6-7,11,13-14H2,1H3,(H,31,32). The lowest BCUT2D eigenvalue weighted by Gasteiger charge is -2.41. The highest BCUT2D eigenvalue weighted by Gasteiger charge is 2.49. The van der Waals surface area contributed by atoms with Crippen molar-refractivity contribution in [3.63, 3.8) is 0 Å². The molecule has 10 heteroatoms. The molecule has 3 fully saturated rings. The van der Waals surface area contributed by atoms with Crippen molar-refractivity contribution in [3.05, 3.63) is 59.8 Å². The second kappa shape index (κ2) is 8.49. The molecule has 3 unspecified atom stereocenters. The molecule has 1 saturated carbocycles. The van der Waals surface area contributed by atoms with Gasteiger partial charge in [0.25, 0.3) is 0 Å². The van der Waals surface area contributed by atoms with Crippen LogP contribution >= 0.6 is 11.6 Å². The number of piperidine rings is 1. The molecule has 2 aliphatic heterocycles. The second-order valence-corrected chi connectivity index (χ2v) is 11.0. The van der Waals surface area contributed by atoms with Crippen LogP contribution in [0.25, 0.3) is 33.3 Å². The van der Waals surface area contributed by atoms with Gasteiger partial charge in [-0.05, 0) is 49.9 Å². The molecule has 3 atom stereocenters. The van der Waals surface area contributed by atoms with Crippen molar-refractivity contribution < 1.29 is 9.47 Å². The molecular weight excluding hydrogens is 502 g/mol. The molecule has 2 bridgehead atoms. The molecule has 3 aliphatic rings. The van der Waals surface area contributed by atoms with Crippen LogP contribution in [0.3, 0.4) is 0 Å². The monoisotopic (exact) mass is 527 g/mol. The number of imidazole rings is 1. The van der Waals surface area contributed by atoms with Gasteiger partial charge in [0.1, 0.15) is 23.0 Å². The number of ether oxygens (including phenoxy) is 2. The van der Waals surface area contributed by atoms with E-state index in [2.05, 4.69) is 30.7 Å². The zero-order chi connectivity index (χ0) is 25.4. The van der Waals surface area contributed by atoms with Crippen LogP contribution in [0.15, 0.2) is 48.8 Å². The molecule has 8 rings (SSSR count). The Morgan fingerprint density at radius 2 is 1.82 bits per heavy atom.